The summed E-state index contributed by atoms with van der Waals surface area (Å²) in [6.45, 7) is -1.61. The molecule has 1 aromatic heterocycles. The zero-order chi connectivity index (χ0) is 14.7. The van der Waals surface area contributed by atoms with Gasteiger partial charge in [0.1, 0.15) is 0 Å². The van der Waals surface area contributed by atoms with Crippen LogP contribution in [0.2, 0.25) is 0 Å². The summed E-state index contributed by atoms with van der Waals surface area (Å²) in [5, 5.41) is 0. The Morgan fingerprint density at radius 2 is 2.11 bits per heavy atom. The van der Waals surface area contributed by atoms with Crippen LogP contribution in [0.5, 0.6) is 5.75 Å². The third kappa shape index (κ3) is 5.55. The van der Waals surface area contributed by atoms with Crippen molar-refractivity contribution >= 4 is 15.9 Å². The largest absolute Gasteiger partial charge is 0.482 e. The molecule has 1 N–H and O–H groups in total. The van der Waals surface area contributed by atoms with Crippen molar-refractivity contribution < 1.29 is 31.1 Å². The second-order valence-corrected chi connectivity index (χ2v) is 5.21. The molecule has 1 heterocycles. The fourth-order valence-corrected chi connectivity index (χ4v) is 1.49. The van der Waals surface area contributed by atoms with Crippen molar-refractivity contribution in [3.63, 3.8) is 0 Å². The zero-order valence-electron chi connectivity index (χ0n) is 9.56. The first-order valence-corrected chi connectivity index (χ1v) is 6.64. The van der Waals surface area contributed by atoms with Crippen molar-refractivity contribution in [2.75, 3.05) is 12.9 Å². The van der Waals surface area contributed by atoms with Crippen LogP contribution in [0.4, 0.5) is 13.2 Å². The molecule has 10 heteroatoms. The van der Waals surface area contributed by atoms with E-state index in [2.05, 4.69) is 9.72 Å². The average Bonchev–Trinajstić information content (AvgIpc) is 2.23. The van der Waals surface area contributed by atoms with E-state index in [0.29, 0.717) is 0 Å². The SMILES string of the molecule is CS(=O)(=O)NC(=O)c1ncccc1OCC(F)(F)F. The van der Waals surface area contributed by atoms with Gasteiger partial charge in [0.15, 0.2) is 18.1 Å². The molecule has 0 saturated heterocycles. The number of ether oxygens (including phenoxy) is 1. The van der Waals surface area contributed by atoms with Crippen LogP contribution in [0.3, 0.4) is 0 Å². The van der Waals surface area contributed by atoms with Gasteiger partial charge >= 0.3 is 6.18 Å². The monoisotopic (exact) mass is 298 g/mol. The molecule has 0 saturated carbocycles. The summed E-state index contributed by atoms with van der Waals surface area (Å²) < 4.78 is 63.7. The minimum Gasteiger partial charge on any atom is -0.482 e. The van der Waals surface area contributed by atoms with E-state index >= 15 is 0 Å². The first kappa shape index (κ1) is 15.2. The van der Waals surface area contributed by atoms with Gasteiger partial charge in [0.2, 0.25) is 10.0 Å². The molecule has 0 aliphatic rings. The normalized spacial score (nSPS) is 12.0. The van der Waals surface area contributed by atoms with Gasteiger partial charge in [-0.25, -0.2) is 18.1 Å². The van der Waals surface area contributed by atoms with Gasteiger partial charge in [-0.05, 0) is 12.1 Å². The Hall–Kier alpha value is -1.84. The van der Waals surface area contributed by atoms with Crippen molar-refractivity contribution in [3.8, 4) is 5.75 Å². The minimum absolute atomic E-state index is 0.457. The third-order valence-electron chi connectivity index (χ3n) is 1.66. The van der Waals surface area contributed by atoms with E-state index in [1.165, 1.54) is 6.07 Å². The van der Waals surface area contributed by atoms with Crippen LogP contribution in [0.15, 0.2) is 18.3 Å². The lowest BCUT2D eigenvalue weighted by Crippen LogP contribution is -2.30. The standard InChI is InChI=1S/C9H9F3N2O4S/c1-19(16,17)14-8(15)7-6(3-2-4-13-7)18-5-9(10,11)12/h2-4H,5H2,1H3,(H,14,15). The molecule has 19 heavy (non-hydrogen) atoms. The molecule has 106 valence electrons. The molecule has 1 amide bonds. The molecule has 0 radical (unpaired) electrons. The molecule has 0 aromatic carbocycles. The van der Waals surface area contributed by atoms with E-state index in [-0.39, 0.29) is 0 Å². The molecule has 0 spiro atoms. The summed E-state index contributed by atoms with van der Waals surface area (Å²) in [6, 6.07) is 2.33. The van der Waals surface area contributed by atoms with Gasteiger partial charge in [-0.1, -0.05) is 0 Å². The quantitative estimate of drug-likeness (QED) is 0.885. The van der Waals surface area contributed by atoms with E-state index in [1.807, 2.05) is 0 Å². The Morgan fingerprint density at radius 1 is 1.47 bits per heavy atom. The number of nitrogens with one attached hydrogen (secondary N) is 1. The number of amides is 1. The predicted molar refractivity (Wildman–Crippen MR) is 58.1 cm³/mol. The number of halogens is 3. The first-order valence-electron chi connectivity index (χ1n) is 4.75. The summed E-state index contributed by atoms with van der Waals surface area (Å²) in [6.07, 6.45) is -2.73. The highest BCUT2D eigenvalue weighted by molar-refractivity contribution is 7.89. The average molecular weight is 298 g/mol. The van der Waals surface area contributed by atoms with E-state index < -0.39 is 40.2 Å². The number of carbonyl (C=O) groups is 1. The second-order valence-electron chi connectivity index (χ2n) is 3.46. The van der Waals surface area contributed by atoms with Gasteiger partial charge in [-0.3, -0.25) is 4.79 Å². The maximum atomic E-state index is 12.0. The highest BCUT2D eigenvalue weighted by Gasteiger charge is 2.29. The zero-order valence-corrected chi connectivity index (χ0v) is 10.4. The summed E-state index contributed by atoms with van der Waals surface area (Å²) in [4.78, 5) is 15.0. The van der Waals surface area contributed by atoms with E-state index in [9.17, 15) is 26.4 Å². The van der Waals surface area contributed by atoms with Crippen LogP contribution >= 0.6 is 0 Å². The van der Waals surface area contributed by atoms with E-state index in [0.717, 1.165) is 18.5 Å². The highest BCUT2D eigenvalue weighted by Crippen LogP contribution is 2.20. The number of sulfonamides is 1. The fraction of sp³-hybridized carbons (Fsp3) is 0.333. The Bertz CT molecular complexity index is 571. The Labute approximate surface area is 106 Å². The molecule has 0 fully saturated rings. The lowest BCUT2D eigenvalue weighted by atomic mass is 10.3. The van der Waals surface area contributed by atoms with Crippen LogP contribution in [0, 0.1) is 0 Å². The smallest absolute Gasteiger partial charge is 0.422 e. The van der Waals surface area contributed by atoms with Crippen LogP contribution in [-0.4, -0.2) is 38.3 Å². The molecule has 0 aliphatic carbocycles. The number of rotatable bonds is 4. The Morgan fingerprint density at radius 3 is 2.63 bits per heavy atom. The van der Waals surface area contributed by atoms with Crippen molar-refractivity contribution in [2.24, 2.45) is 0 Å². The highest BCUT2D eigenvalue weighted by atomic mass is 32.2. The molecular formula is C9H9F3N2O4S. The topological polar surface area (TPSA) is 85.4 Å². The van der Waals surface area contributed by atoms with E-state index in [4.69, 9.17) is 0 Å². The number of nitrogens with zero attached hydrogens (tertiary/aromatic N) is 1. The first-order chi connectivity index (χ1) is 8.58. The molecule has 0 atom stereocenters. The van der Waals surface area contributed by atoms with Gasteiger partial charge in [0, 0.05) is 6.20 Å². The molecule has 6 nitrogen and oxygen atoms in total. The van der Waals surface area contributed by atoms with Gasteiger partial charge in [-0.15, -0.1) is 0 Å². The number of pyridine rings is 1. The molecule has 0 bridgehead atoms. The fourth-order valence-electron chi connectivity index (χ4n) is 1.05. The predicted octanol–water partition coefficient (Wildman–Crippen LogP) is 0.712. The van der Waals surface area contributed by atoms with Crippen molar-refractivity contribution in [1.82, 2.24) is 9.71 Å². The van der Waals surface area contributed by atoms with E-state index in [1.54, 1.807) is 4.72 Å². The number of aromatic nitrogens is 1. The maximum absolute atomic E-state index is 12.0. The third-order valence-corrected chi connectivity index (χ3v) is 2.21. The summed E-state index contributed by atoms with van der Waals surface area (Å²) in [7, 11) is -3.85. The Kier molecular flexibility index (Phi) is 4.35. The minimum atomic E-state index is -4.58. The molecular weight excluding hydrogens is 289 g/mol. The van der Waals surface area contributed by atoms with Crippen molar-refractivity contribution in [3.05, 3.63) is 24.0 Å². The summed E-state index contributed by atoms with van der Waals surface area (Å²) in [5.41, 5.74) is -0.544. The molecule has 1 rings (SSSR count). The van der Waals surface area contributed by atoms with Gasteiger partial charge in [-0.2, -0.15) is 13.2 Å². The van der Waals surface area contributed by atoms with Crippen molar-refractivity contribution in [2.45, 2.75) is 6.18 Å². The lowest BCUT2D eigenvalue weighted by molar-refractivity contribution is -0.153. The number of carbonyl (C=O) groups excluding carboxylic acids is 1. The van der Waals surface area contributed by atoms with Crippen LogP contribution in [0.25, 0.3) is 0 Å². The van der Waals surface area contributed by atoms with Gasteiger partial charge < -0.3 is 4.74 Å². The van der Waals surface area contributed by atoms with Gasteiger partial charge in [0.25, 0.3) is 5.91 Å². The Balaban J connectivity index is 2.93. The van der Waals surface area contributed by atoms with Crippen LogP contribution in [-0.2, 0) is 10.0 Å². The lowest BCUT2D eigenvalue weighted by Gasteiger charge is -2.11. The molecule has 1 aromatic rings. The van der Waals surface area contributed by atoms with Gasteiger partial charge in [0.05, 0.1) is 6.26 Å². The van der Waals surface area contributed by atoms with Crippen LogP contribution < -0.4 is 9.46 Å². The summed E-state index contributed by atoms with van der Waals surface area (Å²) in [5.74, 6) is -1.62. The number of hydrogen-bond acceptors (Lipinski definition) is 5. The number of hydrogen-bond donors (Lipinski definition) is 1. The summed E-state index contributed by atoms with van der Waals surface area (Å²) >= 11 is 0. The van der Waals surface area contributed by atoms with Crippen LogP contribution in [0.1, 0.15) is 10.5 Å². The van der Waals surface area contributed by atoms with Crippen molar-refractivity contribution in [1.29, 1.82) is 0 Å². The maximum Gasteiger partial charge on any atom is 0.422 e. The molecule has 0 aliphatic heterocycles. The second kappa shape index (κ2) is 5.43. The number of alkyl halides is 3. The molecule has 0 unspecified atom stereocenters.